The zero-order chi connectivity index (χ0) is 16.8. The van der Waals surface area contributed by atoms with E-state index >= 15 is 0 Å². The van der Waals surface area contributed by atoms with Crippen molar-refractivity contribution in [3.05, 3.63) is 58.3 Å². The average molecular weight is 387 g/mol. The van der Waals surface area contributed by atoms with E-state index in [-0.39, 0.29) is 0 Å². The van der Waals surface area contributed by atoms with Gasteiger partial charge >= 0.3 is 0 Å². The lowest BCUT2D eigenvalue weighted by molar-refractivity contribution is 0.414. The molecule has 126 valence electrons. The number of benzene rings is 2. The van der Waals surface area contributed by atoms with Crippen molar-refractivity contribution >= 4 is 27.0 Å². The predicted molar refractivity (Wildman–Crippen MR) is 103 cm³/mol. The van der Waals surface area contributed by atoms with Gasteiger partial charge in [0.25, 0.3) is 0 Å². The lowest BCUT2D eigenvalue weighted by atomic mass is 10.1. The summed E-state index contributed by atoms with van der Waals surface area (Å²) in [5, 5.41) is 0. The Morgan fingerprint density at radius 1 is 1.00 bits per heavy atom. The summed E-state index contributed by atoms with van der Waals surface area (Å²) in [6, 6.07) is 14.5. The van der Waals surface area contributed by atoms with Crippen molar-refractivity contribution in [2.75, 3.05) is 7.11 Å². The molecule has 0 aliphatic carbocycles. The highest BCUT2D eigenvalue weighted by Gasteiger charge is 2.03. The van der Waals surface area contributed by atoms with E-state index in [1.807, 2.05) is 18.2 Å². The molecule has 4 heteroatoms. The highest BCUT2D eigenvalue weighted by atomic mass is 79.9. The van der Waals surface area contributed by atoms with Crippen LogP contribution in [-0.4, -0.2) is 17.1 Å². The standard InChI is InChI=1S/C20H23BrN2O/c1-24-17-13-15(12-16(21)14-17)8-4-2-3-5-11-20-22-18-9-6-7-10-19(18)23-20/h6-7,9-10,12-14H,2-5,8,11H2,1H3,(H,22,23). The minimum atomic E-state index is 0.921. The second kappa shape index (κ2) is 8.34. The van der Waals surface area contributed by atoms with Gasteiger partial charge in [0.2, 0.25) is 0 Å². The molecule has 0 aliphatic heterocycles. The first-order chi connectivity index (χ1) is 11.7. The topological polar surface area (TPSA) is 37.9 Å². The van der Waals surface area contributed by atoms with E-state index in [0.29, 0.717) is 0 Å². The van der Waals surface area contributed by atoms with Crippen LogP contribution >= 0.6 is 15.9 Å². The fourth-order valence-corrected chi connectivity index (χ4v) is 3.50. The smallest absolute Gasteiger partial charge is 0.120 e. The maximum atomic E-state index is 5.31. The number of imidazole rings is 1. The van der Waals surface area contributed by atoms with Gasteiger partial charge in [-0.25, -0.2) is 4.98 Å². The van der Waals surface area contributed by atoms with Crippen molar-refractivity contribution in [2.24, 2.45) is 0 Å². The Bertz CT molecular complexity index is 764. The van der Waals surface area contributed by atoms with Crippen molar-refractivity contribution in [3.63, 3.8) is 0 Å². The SMILES string of the molecule is COc1cc(Br)cc(CCCCCCc2nc3ccccc3[nH]2)c1. The van der Waals surface area contributed by atoms with Crippen molar-refractivity contribution in [2.45, 2.75) is 38.5 Å². The van der Waals surface area contributed by atoms with E-state index in [1.165, 1.54) is 31.2 Å². The summed E-state index contributed by atoms with van der Waals surface area (Å²) in [4.78, 5) is 8.03. The van der Waals surface area contributed by atoms with Crippen LogP contribution in [-0.2, 0) is 12.8 Å². The Balaban J connectivity index is 1.39. The third-order valence-electron chi connectivity index (χ3n) is 4.23. The highest BCUT2D eigenvalue weighted by molar-refractivity contribution is 9.10. The number of unbranched alkanes of at least 4 members (excludes halogenated alkanes) is 3. The Morgan fingerprint density at radius 2 is 1.79 bits per heavy atom. The van der Waals surface area contributed by atoms with Crippen molar-refractivity contribution in [3.8, 4) is 5.75 Å². The summed E-state index contributed by atoms with van der Waals surface area (Å²) in [7, 11) is 1.71. The van der Waals surface area contributed by atoms with Gasteiger partial charge in [0.05, 0.1) is 18.1 Å². The summed E-state index contributed by atoms with van der Waals surface area (Å²) in [6.07, 6.45) is 7.00. The zero-order valence-corrected chi connectivity index (χ0v) is 15.6. The number of fused-ring (bicyclic) bond motifs is 1. The number of halogens is 1. The lowest BCUT2D eigenvalue weighted by Gasteiger charge is -2.06. The third kappa shape index (κ3) is 4.60. The van der Waals surface area contributed by atoms with Gasteiger partial charge < -0.3 is 9.72 Å². The number of methoxy groups -OCH3 is 1. The van der Waals surface area contributed by atoms with Crippen molar-refractivity contribution in [1.82, 2.24) is 9.97 Å². The molecule has 0 bridgehead atoms. The maximum Gasteiger partial charge on any atom is 0.120 e. The first-order valence-electron chi connectivity index (χ1n) is 8.52. The second-order valence-electron chi connectivity index (χ2n) is 6.11. The molecule has 1 aromatic heterocycles. The molecule has 3 rings (SSSR count). The van der Waals surface area contributed by atoms with Crippen LogP contribution < -0.4 is 4.74 Å². The molecular formula is C20H23BrN2O. The molecule has 3 aromatic rings. The molecule has 0 aliphatic rings. The summed E-state index contributed by atoms with van der Waals surface area (Å²) in [6.45, 7) is 0. The van der Waals surface area contributed by atoms with Gasteiger partial charge in [-0.1, -0.05) is 40.9 Å². The van der Waals surface area contributed by atoms with Crippen LogP contribution in [0, 0.1) is 0 Å². The largest absolute Gasteiger partial charge is 0.497 e. The summed E-state index contributed by atoms with van der Waals surface area (Å²) >= 11 is 3.54. The Kier molecular flexibility index (Phi) is 5.91. The number of H-pyrrole nitrogens is 1. The van der Waals surface area contributed by atoms with Gasteiger partial charge in [-0.3, -0.25) is 0 Å². The number of aromatic amines is 1. The van der Waals surface area contributed by atoms with Crippen LogP contribution in [0.25, 0.3) is 11.0 Å². The quantitative estimate of drug-likeness (QED) is 0.505. The van der Waals surface area contributed by atoms with E-state index in [1.54, 1.807) is 7.11 Å². The average Bonchev–Trinajstić information content (AvgIpc) is 3.00. The van der Waals surface area contributed by atoms with Crippen molar-refractivity contribution in [1.29, 1.82) is 0 Å². The van der Waals surface area contributed by atoms with Gasteiger partial charge in [0.1, 0.15) is 11.6 Å². The van der Waals surface area contributed by atoms with Gasteiger partial charge in [0.15, 0.2) is 0 Å². The molecule has 0 unspecified atom stereocenters. The minimum Gasteiger partial charge on any atom is -0.497 e. The molecule has 0 radical (unpaired) electrons. The molecule has 1 N–H and O–H groups in total. The number of hydrogen-bond donors (Lipinski definition) is 1. The molecule has 0 atom stereocenters. The third-order valence-corrected chi connectivity index (χ3v) is 4.69. The Hall–Kier alpha value is -1.81. The van der Waals surface area contributed by atoms with Crippen LogP contribution in [0.1, 0.15) is 37.1 Å². The van der Waals surface area contributed by atoms with Crippen LogP contribution in [0.2, 0.25) is 0 Å². The monoisotopic (exact) mass is 386 g/mol. The van der Waals surface area contributed by atoms with Crippen LogP contribution in [0.5, 0.6) is 5.75 Å². The van der Waals surface area contributed by atoms with Crippen LogP contribution in [0.4, 0.5) is 0 Å². The first kappa shape index (κ1) is 17.0. The molecule has 0 saturated carbocycles. The Labute approximate surface area is 151 Å². The number of hydrogen-bond acceptors (Lipinski definition) is 2. The van der Waals surface area contributed by atoms with Gasteiger partial charge in [-0.15, -0.1) is 0 Å². The van der Waals surface area contributed by atoms with E-state index in [4.69, 9.17) is 4.74 Å². The molecule has 0 fully saturated rings. The molecule has 24 heavy (non-hydrogen) atoms. The number of rotatable bonds is 8. The van der Waals surface area contributed by atoms with Gasteiger partial charge in [0, 0.05) is 10.9 Å². The molecule has 2 aromatic carbocycles. The van der Waals surface area contributed by atoms with Gasteiger partial charge in [-0.05, 0) is 55.2 Å². The highest BCUT2D eigenvalue weighted by Crippen LogP contribution is 2.22. The fraction of sp³-hybridized carbons (Fsp3) is 0.350. The maximum absolute atomic E-state index is 5.31. The first-order valence-corrected chi connectivity index (χ1v) is 9.31. The normalized spacial score (nSPS) is 11.1. The number of nitrogens with one attached hydrogen (secondary N) is 1. The summed E-state index contributed by atoms with van der Waals surface area (Å²) in [5.74, 6) is 2.03. The number of aromatic nitrogens is 2. The van der Waals surface area contributed by atoms with Crippen LogP contribution in [0.3, 0.4) is 0 Å². The minimum absolute atomic E-state index is 0.921. The lowest BCUT2D eigenvalue weighted by Crippen LogP contribution is -1.91. The number of ether oxygens (including phenoxy) is 1. The zero-order valence-electron chi connectivity index (χ0n) is 14.0. The number of aryl methyl sites for hydroxylation is 2. The summed E-state index contributed by atoms with van der Waals surface area (Å²) in [5.41, 5.74) is 3.53. The molecule has 0 spiro atoms. The fourth-order valence-electron chi connectivity index (χ4n) is 2.98. The number of para-hydroxylation sites is 2. The molecular weight excluding hydrogens is 364 g/mol. The van der Waals surface area contributed by atoms with Gasteiger partial charge in [-0.2, -0.15) is 0 Å². The van der Waals surface area contributed by atoms with E-state index in [9.17, 15) is 0 Å². The molecule has 1 heterocycles. The van der Waals surface area contributed by atoms with Crippen LogP contribution in [0.15, 0.2) is 46.9 Å². The Morgan fingerprint density at radius 3 is 2.58 bits per heavy atom. The number of nitrogens with zero attached hydrogens (tertiary/aromatic N) is 1. The molecule has 3 nitrogen and oxygen atoms in total. The summed E-state index contributed by atoms with van der Waals surface area (Å²) < 4.78 is 6.40. The van der Waals surface area contributed by atoms with E-state index in [2.05, 4.69) is 50.2 Å². The second-order valence-corrected chi connectivity index (χ2v) is 7.03. The van der Waals surface area contributed by atoms with Crippen molar-refractivity contribution < 1.29 is 4.74 Å². The molecule has 0 amide bonds. The predicted octanol–water partition coefficient (Wildman–Crippen LogP) is 5.68. The molecule has 0 saturated heterocycles. The van der Waals surface area contributed by atoms with E-state index < -0.39 is 0 Å². The van der Waals surface area contributed by atoms with E-state index in [0.717, 1.165) is 39.9 Å².